The van der Waals surface area contributed by atoms with E-state index in [2.05, 4.69) is 15.9 Å². The number of piperazine rings is 1. The van der Waals surface area contributed by atoms with Gasteiger partial charge in [0.05, 0.1) is 0 Å². The molecular formula is C14H21N3O. The van der Waals surface area contributed by atoms with Crippen molar-refractivity contribution in [2.75, 3.05) is 44.2 Å². The molecule has 1 aliphatic heterocycles. The van der Waals surface area contributed by atoms with Crippen molar-refractivity contribution in [2.24, 2.45) is 5.73 Å². The van der Waals surface area contributed by atoms with Gasteiger partial charge in [-0.2, -0.15) is 0 Å². The van der Waals surface area contributed by atoms with Gasteiger partial charge in [-0.25, -0.2) is 0 Å². The van der Waals surface area contributed by atoms with Crippen LogP contribution in [0.15, 0.2) is 24.3 Å². The first-order valence-electron chi connectivity index (χ1n) is 6.49. The van der Waals surface area contributed by atoms with E-state index in [-0.39, 0.29) is 5.78 Å². The van der Waals surface area contributed by atoms with E-state index in [1.54, 1.807) is 6.92 Å². The quantitative estimate of drug-likeness (QED) is 0.806. The molecule has 0 amide bonds. The Balaban J connectivity index is 2.01. The van der Waals surface area contributed by atoms with Crippen LogP contribution in [0.3, 0.4) is 0 Å². The monoisotopic (exact) mass is 247 g/mol. The Bertz CT molecular complexity index is 411. The van der Waals surface area contributed by atoms with E-state index in [0.29, 0.717) is 0 Å². The first-order valence-corrected chi connectivity index (χ1v) is 6.49. The van der Waals surface area contributed by atoms with E-state index < -0.39 is 0 Å². The second-order valence-electron chi connectivity index (χ2n) is 4.72. The van der Waals surface area contributed by atoms with Gasteiger partial charge in [0, 0.05) is 50.5 Å². The molecule has 0 radical (unpaired) electrons. The number of carbonyl (C=O) groups is 1. The number of nitrogens with two attached hydrogens (primary N) is 1. The average Bonchev–Trinajstić information content (AvgIpc) is 2.40. The van der Waals surface area contributed by atoms with Crippen LogP contribution in [0.25, 0.3) is 0 Å². The van der Waals surface area contributed by atoms with E-state index in [1.165, 1.54) is 0 Å². The molecule has 1 fully saturated rings. The zero-order valence-electron chi connectivity index (χ0n) is 10.9. The van der Waals surface area contributed by atoms with Gasteiger partial charge in [0.2, 0.25) is 0 Å². The van der Waals surface area contributed by atoms with E-state index in [4.69, 9.17) is 5.73 Å². The largest absolute Gasteiger partial charge is 0.369 e. The summed E-state index contributed by atoms with van der Waals surface area (Å²) in [5.41, 5.74) is 7.50. The van der Waals surface area contributed by atoms with Gasteiger partial charge < -0.3 is 10.6 Å². The van der Waals surface area contributed by atoms with Gasteiger partial charge in [-0.3, -0.25) is 9.69 Å². The number of Topliss-reactive ketones (excluding diaryl/α,β-unsaturated/α-hetero) is 1. The number of carbonyl (C=O) groups excluding carboxylic acids is 1. The van der Waals surface area contributed by atoms with Gasteiger partial charge in [-0.05, 0) is 19.1 Å². The fraction of sp³-hybridized carbons (Fsp3) is 0.500. The first-order chi connectivity index (χ1) is 8.70. The molecule has 18 heavy (non-hydrogen) atoms. The molecule has 2 N–H and O–H groups in total. The van der Waals surface area contributed by atoms with E-state index in [0.717, 1.165) is 50.5 Å². The average molecular weight is 247 g/mol. The van der Waals surface area contributed by atoms with Crippen LogP contribution in [-0.4, -0.2) is 50.0 Å². The summed E-state index contributed by atoms with van der Waals surface area (Å²) in [4.78, 5) is 16.1. The molecule has 1 heterocycles. The van der Waals surface area contributed by atoms with Gasteiger partial charge in [0.15, 0.2) is 5.78 Å². The molecule has 2 rings (SSSR count). The Hall–Kier alpha value is -1.39. The summed E-state index contributed by atoms with van der Waals surface area (Å²) in [6.07, 6.45) is 0. The third-order valence-corrected chi connectivity index (χ3v) is 3.44. The highest BCUT2D eigenvalue weighted by Gasteiger charge is 2.16. The number of rotatable bonds is 4. The molecule has 4 heteroatoms. The topological polar surface area (TPSA) is 49.6 Å². The second-order valence-corrected chi connectivity index (χ2v) is 4.72. The minimum absolute atomic E-state index is 0.124. The third kappa shape index (κ3) is 3.09. The molecule has 1 aromatic rings. The minimum Gasteiger partial charge on any atom is -0.369 e. The van der Waals surface area contributed by atoms with E-state index in [9.17, 15) is 4.79 Å². The summed E-state index contributed by atoms with van der Waals surface area (Å²) >= 11 is 0. The molecule has 0 spiro atoms. The van der Waals surface area contributed by atoms with Gasteiger partial charge in [0.25, 0.3) is 0 Å². The lowest BCUT2D eigenvalue weighted by Gasteiger charge is -2.36. The summed E-state index contributed by atoms with van der Waals surface area (Å²) in [6, 6.07) is 7.89. The molecule has 0 atom stereocenters. The lowest BCUT2D eigenvalue weighted by atomic mass is 10.1. The standard InChI is InChI=1S/C14H21N3O/c1-12(18)13-3-2-4-14(11-13)17-9-7-16(6-5-15)8-10-17/h2-4,11H,5-10,15H2,1H3. The van der Waals surface area contributed by atoms with Gasteiger partial charge in [0.1, 0.15) is 0 Å². The molecule has 0 aliphatic carbocycles. The SMILES string of the molecule is CC(=O)c1cccc(N2CCN(CCN)CC2)c1. The molecule has 0 unspecified atom stereocenters. The van der Waals surface area contributed by atoms with Crippen LogP contribution in [0.1, 0.15) is 17.3 Å². The number of ketones is 1. The summed E-state index contributed by atoms with van der Waals surface area (Å²) in [6.45, 7) is 7.39. The first kappa shape index (κ1) is 13.1. The third-order valence-electron chi connectivity index (χ3n) is 3.44. The zero-order chi connectivity index (χ0) is 13.0. The molecule has 1 aromatic carbocycles. The maximum Gasteiger partial charge on any atom is 0.159 e. The Kier molecular flexibility index (Phi) is 4.33. The summed E-state index contributed by atoms with van der Waals surface area (Å²) < 4.78 is 0. The number of anilines is 1. The molecule has 1 aliphatic rings. The number of benzene rings is 1. The van der Waals surface area contributed by atoms with E-state index >= 15 is 0 Å². The lowest BCUT2D eigenvalue weighted by Crippen LogP contribution is -2.47. The highest BCUT2D eigenvalue weighted by Crippen LogP contribution is 2.18. The zero-order valence-corrected chi connectivity index (χ0v) is 10.9. The van der Waals surface area contributed by atoms with Crippen molar-refractivity contribution in [3.8, 4) is 0 Å². The Morgan fingerprint density at radius 2 is 2.00 bits per heavy atom. The predicted octanol–water partition coefficient (Wildman–Crippen LogP) is 0.970. The van der Waals surface area contributed by atoms with Crippen LogP contribution in [-0.2, 0) is 0 Å². The predicted molar refractivity (Wildman–Crippen MR) is 74.2 cm³/mol. The van der Waals surface area contributed by atoms with Crippen LogP contribution in [0.5, 0.6) is 0 Å². The number of hydrogen-bond donors (Lipinski definition) is 1. The number of nitrogens with zero attached hydrogens (tertiary/aromatic N) is 2. The lowest BCUT2D eigenvalue weighted by molar-refractivity contribution is 0.101. The molecular weight excluding hydrogens is 226 g/mol. The van der Waals surface area contributed by atoms with Crippen LogP contribution in [0, 0.1) is 0 Å². The van der Waals surface area contributed by atoms with Crippen molar-refractivity contribution in [3.63, 3.8) is 0 Å². The molecule has 1 saturated heterocycles. The Labute approximate surface area is 108 Å². The molecule has 0 bridgehead atoms. The fourth-order valence-electron chi connectivity index (χ4n) is 2.33. The molecule has 4 nitrogen and oxygen atoms in total. The Morgan fingerprint density at radius 1 is 1.28 bits per heavy atom. The highest BCUT2D eigenvalue weighted by molar-refractivity contribution is 5.94. The molecule has 0 aromatic heterocycles. The smallest absolute Gasteiger partial charge is 0.159 e. The van der Waals surface area contributed by atoms with Crippen molar-refractivity contribution < 1.29 is 4.79 Å². The Morgan fingerprint density at radius 3 is 2.61 bits per heavy atom. The van der Waals surface area contributed by atoms with Crippen LogP contribution < -0.4 is 10.6 Å². The van der Waals surface area contributed by atoms with Gasteiger partial charge in [-0.1, -0.05) is 12.1 Å². The summed E-state index contributed by atoms with van der Waals surface area (Å²) in [5, 5.41) is 0. The van der Waals surface area contributed by atoms with Crippen molar-refractivity contribution >= 4 is 11.5 Å². The normalized spacial score (nSPS) is 16.9. The molecule has 98 valence electrons. The van der Waals surface area contributed by atoms with Crippen molar-refractivity contribution in [3.05, 3.63) is 29.8 Å². The van der Waals surface area contributed by atoms with Crippen LogP contribution >= 0.6 is 0 Å². The molecule has 0 saturated carbocycles. The van der Waals surface area contributed by atoms with Crippen LogP contribution in [0.2, 0.25) is 0 Å². The minimum atomic E-state index is 0.124. The highest BCUT2D eigenvalue weighted by atomic mass is 16.1. The fourth-order valence-corrected chi connectivity index (χ4v) is 2.33. The van der Waals surface area contributed by atoms with E-state index in [1.807, 2.05) is 18.2 Å². The second kappa shape index (κ2) is 5.98. The van der Waals surface area contributed by atoms with Crippen molar-refractivity contribution in [2.45, 2.75) is 6.92 Å². The number of hydrogen-bond acceptors (Lipinski definition) is 4. The van der Waals surface area contributed by atoms with Gasteiger partial charge in [-0.15, -0.1) is 0 Å². The summed E-state index contributed by atoms with van der Waals surface area (Å²) in [5.74, 6) is 0.124. The van der Waals surface area contributed by atoms with Crippen molar-refractivity contribution in [1.29, 1.82) is 0 Å². The maximum absolute atomic E-state index is 11.4. The van der Waals surface area contributed by atoms with Gasteiger partial charge >= 0.3 is 0 Å². The van der Waals surface area contributed by atoms with Crippen LogP contribution in [0.4, 0.5) is 5.69 Å². The summed E-state index contributed by atoms with van der Waals surface area (Å²) in [7, 11) is 0. The van der Waals surface area contributed by atoms with Crippen molar-refractivity contribution in [1.82, 2.24) is 4.90 Å². The maximum atomic E-state index is 11.4.